The van der Waals surface area contributed by atoms with Crippen molar-refractivity contribution in [2.45, 2.75) is 25.2 Å². The molecule has 2 N–H and O–H groups in total. The molecule has 3 rings (SSSR count). The predicted molar refractivity (Wildman–Crippen MR) is 84.3 cm³/mol. The third-order valence-corrected chi connectivity index (χ3v) is 4.27. The zero-order chi connectivity index (χ0) is 17.3. The number of nitriles is 1. The standard InChI is InChI=1S/C18H16N2O4/c1-23-18(22)11-7-5-10(6-8-11)15-12(9-19)17(20)24-14-4-2-3-13(21)16(14)15/h5-8,15H,2-4,20H2,1H3. The van der Waals surface area contributed by atoms with E-state index in [1.807, 2.05) is 0 Å². The van der Waals surface area contributed by atoms with E-state index in [9.17, 15) is 14.9 Å². The lowest BCUT2D eigenvalue weighted by atomic mass is 9.77. The maximum absolute atomic E-state index is 12.4. The number of carbonyl (C=O) groups excluding carboxylic acids is 2. The van der Waals surface area contributed by atoms with Crippen LogP contribution in [0.1, 0.15) is 41.1 Å². The summed E-state index contributed by atoms with van der Waals surface area (Å²) in [4.78, 5) is 24.0. The summed E-state index contributed by atoms with van der Waals surface area (Å²) in [5.41, 5.74) is 7.71. The molecule has 0 radical (unpaired) electrons. The molecule has 24 heavy (non-hydrogen) atoms. The Morgan fingerprint density at radius 3 is 2.67 bits per heavy atom. The van der Waals surface area contributed by atoms with Gasteiger partial charge >= 0.3 is 5.97 Å². The summed E-state index contributed by atoms with van der Waals surface area (Å²) >= 11 is 0. The number of hydrogen-bond donors (Lipinski definition) is 1. The van der Waals surface area contributed by atoms with Crippen molar-refractivity contribution in [1.29, 1.82) is 5.26 Å². The molecular formula is C18H16N2O4. The van der Waals surface area contributed by atoms with Crippen LogP contribution in [0, 0.1) is 11.3 Å². The highest BCUT2D eigenvalue weighted by molar-refractivity contribution is 5.99. The van der Waals surface area contributed by atoms with Gasteiger partial charge in [-0.3, -0.25) is 4.79 Å². The van der Waals surface area contributed by atoms with Gasteiger partial charge in [-0.15, -0.1) is 0 Å². The molecule has 1 unspecified atom stereocenters. The van der Waals surface area contributed by atoms with Gasteiger partial charge in [0.1, 0.15) is 17.4 Å². The number of nitrogens with two attached hydrogens (primary N) is 1. The Morgan fingerprint density at radius 1 is 1.33 bits per heavy atom. The molecule has 1 aliphatic carbocycles. The van der Waals surface area contributed by atoms with Crippen molar-refractivity contribution in [2.75, 3.05) is 7.11 Å². The van der Waals surface area contributed by atoms with Crippen LogP contribution < -0.4 is 5.73 Å². The highest BCUT2D eigenvalue weighted by atomic mass is 16.5. The lowest BCUT2D eigenvalue weighted by Crippen LogP contribution is -2.27. The van der Waals surface area contributed by atoms with Crippen LogP contribution in [0.15, 0.2) is 47.1 Å². The SMILES string of the molecule is COC(=O)c1ccc(C2C(C#N)=C(N)OC3=C2C(=O)CCC3)cc1. The van der Waals surface area contributed by atoms with Crippen LogP contribution in [0.25, 0.3) is 0 Å². The van der Waals surface area contributed by atoms with Gasteiger partial charge in [0.05, 0.1) is 18.6 Å². The molecule has 6 heteroatoms. The Balaban J connectivity index is 2.09. The number of ether oxygens (including phenoxy) is 2. The van der Waals surface area contributed by atoms with Crippen LogP contribution in [0.2, 0.25) is 0 Å². The summed E-state index contributed by atoms with van der Waals surface area (Å²) in [7, 11) is 1.31. The van der Waals surface area contributed by atoms with Crippen LogP contribution in [-0.4, -0.2) is 18.9 Å². The number of rotatable bonds is 2. The summed E-state index contributed by atoms with van der Waals surface area (Å²) in [5.74, 6) is -0.452. The zero-order valence-electron chi connectivity index (χ0n) is 13.2. The molecule has 0 saturated carbocycles. The van der Waals surface area contributed by atoms with Crippen molar-refractivity contribution < 1.29 is 19.1 Å². The van der Waals surface area contributed by atoms with Gasteiger partial charge < -0.3 is 15.2 Å². The molecule has 0 spiro atoms. The zero-order valence-corrected chi connectivity index (χ0v) is 13.2. The Hall–Kier alpha value is -3.07. The van der Waals surface area contributed by atoms with E-state index in [0.717, 1.165) is 0 Å². The number of allylic oxidation sites excluding steroid dienone is 3. The maximum Gasteiger partial charge on any atom is 0.337 e. The first-order valence-corrected chi connectivity index (χ1v) is 7.59. The fourth-order valence-corrected chi connectivity index (χ4v) is 3.12. The fraction of sp³-hybridized carbons (Fsp3) is 0.278. The van der Waals surface area contributed by atoms with E-state index in [1.165, 1.54) is 7.11 Å². The lowest BCUT2D eigenvalue weighted by Gasteiger charge is -2.31. The molecule has 2 aliphatic rings. The predicted octanol–water partition coefficient (Wildman–Crippen LogP) is 2.29. The normalized spacial score (nSPS) is 20.2. The molecule has 0 bridgehead atoms. The molecule has 6 nitrogen and oxygen atoms in total. The Labute approximate surface area is 139 Å². The minimum atomic E-state index is -0.557. The van der Waals surface area contributed by atoms with Gasteiger partial charge in [0.15, 0.2) is 5.78 Å². The van der Waals surface area contributed by atoms with E-state index < -0.39 is 11.9 Å². The molecule has 0 fully saturated rings. The number of ketones is 1. The molecule has 0 saturated heterocycles. The average Bonchev–Trinajstić information content (AvgIpc) is 2.60. The van der Waals surface area contributed by atoms with Crippen LogP contribution in [0.3, 0.4) is 0 Å². The first kappa shape index (κ1) is 15.8. The lowest BCUT2D eigenvalue weighted by molar-refractivity contribution is -0.116. The van der Waals surface area contributed by atoms with Gasteiger partial charge in [-0.2, -0.15) is 5.26 Å². The first-order chi connectivity index (χ1) is 11.6. The van der Waals surface area contributed by atoms with Gasteiger partial charge in [0, 0.05) is 18.4 Å². The van der Waals surface area contributed by atoms with Gasteiger partial charge in [-0.1, -0.05) is 12.1 Å². The maximum atomic E-state index is 12.4. The molecule has 1 atom stereocenters. The van der Waals surface area contributed by atoms with E-state index in [0.29, 0.717) is 41.7 Å². The summed E-state index contributed by atoms with van der Waals surface area (Å²) in [6.07, 6.45) is 1.76. The number of methoxy groups -OCH3 is 1. The number of benzene rings is 1. The van der Waals surface area contributed by atoms with Crippen LogP contribution in [-0.2, 0) is 14.3 Å². The third kappa shape index (κ3) is 2.54. The molecular weight excluding hydrogens is 308 g/mol. The molecule has 1 aliphatic heterocycles. The number of hydrogen-bond acceptors (Lipinski definition) is 6. The van der Waals surface area contributed by atoms with Gasteiger partial charge in [-0.25, -0.2) is 4.79 Å². The average molecular weight is 324 g/mol. The number of nitrogens with zero attached hydrogens (tertiary/aromatic N) is 1. The van der Waals surface area contributed by atoms with E-state index in [2.05, 4.69) is 10.8 Å². The second-order valence-electron chi connectivity index (χ2n) is 5.65. The largest absolute Gasteiger partial charge is 0.465 e. The molecule has 0 amide bonds. The van der Waals surface area contributed by atoms with E-state index in [1.54, 1.807) is 24.3 Å². The Bertz CT molecular complexity index is 812. The molecule has 0 aromatic heterocycles. The van der Waals surface area contributed by atoms with E-state index >= 15 is 0 Å². The second-order valence-corrected chi connectivity index (χ2v) is 5.65. The summed E-state index contributed by atoms with van der Waals surface area (Å²) in [6.45, 7) is 0. The topological polar surface area (TPSA) is 102 Å². The Morgan fingerprint density at radius 2 is 2.04 bits per heavy atom. The van der Waals surface area contributed by atoms with Gasteiger partial charge in [0.25, 0.3) is 0 Å². The highest BCUT2D eigenvalue weighted by Gasteiger charge is 2.37. The summed E-state index contributed by atoms with van der Waals surface area (Å²) in [6, 6.07) is 8.68. The molecule has 1 aromatic rings. The van der Waals surface area contributed by atoms with Crippen molar-refractivity contribution >= 4 is 11.8 Å². The number of carbonyl (C=O) groups is 2. The smallest absolute Gasteiger partial charge is 0.337 e. The number of esters is 1. The van der Waals surface area contributed by atoms with E-state index in [4.69, 9.17) is 10.5 Å². The quantitative estimate of drug-likeness (QED) is 0.837. The van der Waals surface area contributed by atoms with Crippen molar-refractivity contribution in [3.8, 4) is 6.07 Å². The molecule has 1 heterocycles. The van der Waals surface area contributed by atoms with Gasteiger partial charge in [0.2, 0.25) is 5.88 Å². The van der Waals surface area contributed by atoms with E-state index in [-0.39, 0.29) is 17.2 Å². The van der Waals surface area contributed by atoms with Crippen molar-refractivity contribution in [3.63, 3.8) is 0 Å². The monoisotopic (exact) mass is 324 g/mol. The molecule has 122 valence electrons. The fourth-order valence-electron chi connectivity index (χ4n) is 3.12. The van der Waals surface area contributed by atoms with Crippen LogP contribution in [0.4, 0.5) is 0 Å². The highest BCUT2D eigenvalue weighted by Crippen LogP contribution is 2.43. The third-order valence-electron chi connectivity index (χ3n) is 4.27. The van der Waals surface area contributed by atoms with Gasteiger partial charge in [-0.05, 0) is 24.1 Å². The minimum absolute atomic E-state index is 0.0291. The Kier molecular flexibility index (Phi) is 4.09. The molecule has 1 aromatic carbocycles. The van der Waals surface area contributed by atoms with Crippen molar-refractivity contribution in [3.05, 3.63) is 58.2 Å². The summed E-state index contributed by atoms with van der Waals surface area (Å²) < 4.78 is 10.2. The second kappa shape index (κ2) is 6.20. The van der Waals surface area contributed by atoms with Crippen LogP contribution in [0.5, 0.6) is 0 Å². The number of Topliss-reactive ketones (excluding diaryl/α,β-unsaturated/α-hetero) is 1. The first-order valence-electron chi connectivity index (χ1n) is 7.59. The van der Waals surface area contributed by atoms with Crippen molar-refractivity contribution in [2.24, 2.45) is 5.73 Å². The minimum Gasteiger partial charge on any atom is -0.465 e. The van der Waals surface area contributed by atoms with Crippen molar-refractivity contribution in [1.82, 2.24) is 0 Å². The van der Waals surface area contributed by atoms with Crippen LogP contribution >= 0.6 is 0 Å². The summed E-state index contributed by atoms with van der Waals surface area (Å²) in [5, 5.41) is 9.47.